The van der Waals surface area contributed by atoms with Crippen LogP contribution in [-0.4, -0.2) is 62.1 Å². The van der Waals surface area contributed by atoms with Gasteiger partial charge in [0.15, 0.2) is 0 Å². The Balaban J connectivity index is 1.65. The summed E-state index contributed by atoms with van der Waals surface area (Å²) in [7, 11) is 4.74. The zero-order valence-electron chi connectivity index (χ0n) is 22.0. The van der Waals surface area contributed by atoms with Gasteiger partial charge in [0.1, 0.15) is 23.8 Å². The van der Waals surface area contributed by atoms with Crippen LogP contribution in [0.5, 0.6) is 17.2 Å². The Morgan fingerprint density at radius 1 is 1.00 bits per heavy atom. The van der Waals surface area contributed by atoms with Gasteiger partial charge < -0.3 is 24.0 Å². The van der Waals surface area contributed by atoms with Gasteiger partial charge >= 0.3 is 0 Å². The minimum atomic E-state index is -0.228. The van der Waals surface area contributed by atoms with Gasteiger partial charge in [0.05, 0.1) is 27.4 Å². The predicted molar refractivity (Wildman–Crippen MR) is 145 cm³/mol. The Bertz CT molecular complexity index is 1220. The molecule has 0 fully saturated rings. The molecule has 2 aromatic carbocycles. The second kappa shape index (κ2) is 11.7. The Morgan fingerprint density at radius 3 is 2.24 bits per heavy atom. The zero-order valence-corrected chi connectivity index (χ0v) is 22.8. The summed E-state index contributed by atoms with van der Waals surface area (Å²) in [6, 6.07) is 14.7. The molecular formula is C29H34N2O5S. The van der Waals surface area contributed by atoms with E-state index in [-0.39, 0.29) is 30.4 Å². The Kier molecular flexibility index (Phi) is 8.38. The molecule has 4 rings (SSSR count). The van der Waals surface area contributed by atoms with Crippen molar-refractivity contribution in [3.8, 4) is 17.2 Å². The maximum absolute atomic E-state index is 13.9. The molecule has 3 aromatic rings. The monoisotopic (exact) mass is 522 g/mol. The van der Waals surface area contributed by atoms with Crippen LogP contribution in [0.25, 0.3) is 0 Å². The summed E-state index contributed by atoms with van der Waals surface area (Å²) in [6.45, 7) is 4.56. The number of fused-ring (bicyclic) bond motifs is 1. The van der Waals surface area contributed by atoms with E-state index in [1.807, 2.05) is 43.0 Å². The third-order valence-corrected chi connectivity index (χ3v) is 8.00. The maximum atomic E-state index is 13.9. The van der Waals surface area contributed by atoms with E-state index in [2.05, 4.69) is 11.4 Å². The molecule has 0 N–H and O–H groups in total. The number of hydrogen-bond acceptors (Lipinski definition) is 6. The molecule has 2 amide bonds. The van der Waals surface area contributed by atoms with Gasteiger partial charge in [-0.3, -0.25) is 9.59 Å². The number of amides is 2. The van der Waals surface area contributed by atoms with Crippen molar-refractivity contribution in [2.24, 2.45) is 0 Å². The summed E-state index contributed by atoms with van der Waals surface area (Å²) in [4.78, 5) is 32.5. The lowest BCUT2D eigenvalue weighted by Gasteiger charge is -2.38. The first-order valence-electron chi connectivity index (χ1n) is 12.4. The first-order valence-corrected chi connectivity index (χ1v) is 13.3. The summed E-state index contributed by atoms with van der Waals surface area (Å²) in [5.74, 6) is 1.51. The lowest BCUT2D eigenvalue weighted by molar-refractivity contribution is -0.134. The maximum Gasteiger partial charge on any atom is 0.254 e. The topological polar surface area (TPSA) is 68.3 Å². The molecule has 2 heterocycles. The fraction of sp³-hybridized carbons (Fsp3) is 0.379. The van der Waals surface area contributed by atoms with Crippen molar-refractivity contribution in [3.63, 3.8) is 0 Å². The van der Waals surface area contributed by atoms with Crippen LogP contribution in [0.1, 0.15) is 52.7 Å². The zero-order chi connectivity index (χ0) is 26.5. The first-order chi connectivity index (χ1) is 17.9. The molecule has 8 heteroatoms. The quantitative estimate of drug-likeness (QED) is 0.387. The van der Waals surface area contributed by atoms with Crippen molar-refractivity contribution in [3.05, 3.63) is 75.5 Å². The molecule has 0 aliphatic carbocycles. The molecule has 7 nitrogen and oxygen atoms in total. The smallest absolute Gasteiger partial charge is 0.254 e. The van der Waals surface area contributed by atoms with Crippen LogP contribution in [0.3, 0.4) is 0 Å². The number of rotatable bonds is 9. The van der Waals surface area contributed by atoms with E-state index in [0.29, 0.717) is 23.6 Å². The van der Waals surface area contributed by atoms with Crippen molar-refractivity contribution < 1.29 is 23.8 Å². The third-order valence-electron chi connectivity index (χ3n) is 7.01. The molecule has 37 heavy (non-hydrogen) atoms. The van der Waals surface area contributed by atoms with Crippen molar-refractivity contribution in [2.75, 3.05) is 34.4 Å². The highest BCUT2D eigenvalue weighted by Crippen LogP contribution is 2.38. The number of methoxy groups -OCH3 is 3. The highest BCUT2D eigenvalue weighted by atomic mass is 32.1. The molecule has 0 saturated carbocycles. The van der Waals surface area contributed by atoms with Crippen LogP contribution in [-0.2, 0) is 11.2 Å². The Hall–Kier alpha value is -3.52. The number of nitrogens with zero attached hydrogens (tertiary/aromatic N) is 2. The molecule has 2 unspecified atom stereocenters. The molecule has 0 spiro atoms. The van der Waals surface area contributed by atoms with Crippen LogP contribution in [0, 0.1) is 0 Å². The summed E-state index contributed by atoms with van der Waals surface area (Å²) in [5, 5.41) is 2.08. The van der Waals surface area contributed by atoms with Crippen LogP contribution in [0.4, 0.5) is 0 Å². The average molecular weight is 523 g/mol. The number of thiophene rings is 1. The van der Waals surface area contributed by atoms with E-state index in [4.69, 9.17) is 14.2 Å². The second-order valence-corrected chi connectivity index (χ2v) is 10.1. The van der Waals surface area contributed by atoms with Crippen molar-refractivity contribution in [2.45, 2.75) is 38.8 Å². The lowest BCUT2D eigenvalue weighted by Crippen LogP contribution is -2.49. The SMILES string of the molecule is CCC(C)N(CC(=O)N1CCc2sccc2C1c1ccc(OC)cc1)C(=O)c1cc(OC)cc(OC)c1. The molecule has 1 aliphatic heterocycles. The molecule has 1 aromatic heterocycles. The third kappa shape index (κ3) is 5.59. The molecule has 0 radical (unpaired) electrons. The average Bonchev–Trinajstić information content (AvgIpc) is 3.43. The molecular weight excluding hydrogens is 488 g/mol. The second-order valence-electron chi connectivity index (χ2n) is 9.10. The van der Waals surface area contributed by atoms with E-state index >= 15 is 0 Å². The summed E-state index contributed by atoms with van der Waals surface area (Å²) < 4.78 is 16.1. The van der Waals surface area contributed by atoms with Gasteiger partial charge in [-0.15, -0.1) is 11.3 Å². The standard InChI is InChI=1S/C29H34N2O5S/c1-6-19(2)31(29(33)21-15-23(35-4)17-24(16-21)36-5)18-27(32)30-13-11-26-25(12-14-37-26)28(30)20-7-9-22(34-3)10-8-20/h7-10,12,14-17,19,28H,6,11,13,18H2,1-5H3. The Morgan fingerprint density at radius 2 is 1.65 bits per heavy atom. The number of carbonyl (C=O) groups is 2. The van der Waals surface area contributed by atoms with E-state index in [0.717, 1.165) is 29.7 Å². The molecule has 1 aliphatic rings. The van der Waals surface area contributed by atoms with Gasteiger partial charge in [-0.05, 0) is 66.6 Å². The number of ether oxygens (including phenoxy) is 3. The molecule has 0 bridgehead atoms. The van der Waals surface area contributed by atoms with Crippen LogP contribution < -0.4 is 14.2 Å². The van der Waals surface area contributed by atoms with Crippen molar-refractivity contribution in [1.29, 1.82) is 0 Å². The van der Waals surface area contributed by atoms with E-state index < -0.39 is 0 Å². The van der Waals surface area contributed by atoms with E-state index in [9.17, 15) is 9.59 Å². The fourth-order valence-electron chi connectivity index (χ4n) is 4.71. The summed E-state index contributed by atoms with van der Waals surface area (Å²) in [5.41, 5.74) is 2.59. The predicted octanol–water partition coefficient (Wildman–Crippen LogP) is 5.19. The summed E-state index contributed by atoms with van der Waals surface area (Å²) in [6.07, 6.45) is 1.52. The van der Waals surface area contributed by atoms with Gasteiger partial charge in [0, 0.05) is 29.1 Å². The van der Waals surface area contributed by atoms with Gasteiger partial charge in [-0.25, -0.2) is 0 Å². The largest absolute Gasteiger partial charge is 0.497 e. The van der Waals surface area contributed by atoms with Gasteiger partial charge in [0.25, 0.3) is 5.91 Å². The summed E-state index contributed by atoms with van der Waals surface area (Å²) >= 11 is 1.73. The van der Waals surface area contributed by atoms with Crippen LogP contribution in [0.2, 0.25) is 0 Å². The van der Waals surface area contributed by atoms with Crippen LogP contribution in [0.15, 0.2) is 53.9 Å². The first kappa shape index (κ1) is 26.5. The minimum absolute atomic E-state index is 0.0144. The van der Waals surface area contributed by atoms with Gasteiger partial charge in [-0.1, -0.05) is 19.1 Å². The lowest BCUT2D eigenvalue weighted by atomic mass is 9.93. The van der Waals surface area contributed by atoms with Crippen LogP contribution >= 0.6 is 11.3 Å². The van der Waals surface area contributed by atoms with Crippen molar-refractivity contribution in [1.82, 2.24) is 9.80 Å². The van der Waals surface area contributed by atoms with Gasteiger partial charge in [0.2, 0.25) is 5.91 Å². The highest BCUT2D eigenvalue weighted by Gasteiger charge is 2.35. The number of benzene rings is 2. The van der Waals surface area contributed by atoms with Crippen molar-refractivity contribution >= 4 is 23.2 Å². The minimum Gasteiger partial charge on any atom is -0.497 e. The molecule has 0 saturated heterocycles. The number of hydrogen-bond donors (Lipinski definition) is 0. The Labute approximate surface area is 222 Å². The normalized spacial score (nSPS) is 15.5. The van der Waals surface area contributed by atoms with E-state index in [1.54, 1.807) is 55.8 Å². The molecule has 196 valence electrons. The van der Waals surface area contributed by atoms with E-state index in [1.165, 1.54) is 4.88 Å². The van der Waals surface area contributed by atoms with Gasteiger partial charge in [-0.2, -0.15) is 0 Å². The number of carbonyl (C=O) groups excluding carboxylic acids is 2. The highest BCUT2D eigenvalue weighted by molar-refractivity contribution is 7.10. The molecule has 2 atom stereocenters. The fourth-order valence-corrected chi connectivity index (χ4v) is 5.62.